The average molecular weight is 329 g/mol. The second kappa shape index (κ2) is 9.93. The molecule has 1 aromatic rings. The van der Waals surface area contributed by atoms with E-state index in [9.17, 15) is 0 Å². The molecule has 2 rings (SSSR count). The van der Waals surface area contributed by atoms with Gasteiger partial charge >= 0.3 is 0 Å². The Bertz CT molecular complexity index is 435. The maximum atomic E-state index is 5.49. The lowest BCUT2D eigenvalue weighted by Crippen LogP contribution is -2.36. The van der Waals surface area contributed by atoms with Gasteiger partial charge in [-0.1, -0.05) is 13.0 Å². The summed E-state index contributed by atoms with van der Waals surface area (Å²) in [5.41, 5.74) is 1.24. The van der Waals surface area contributed by atoms with Crippen LogP contribution in [0.25, 0.3) is 0 Å². The Kier molecular flexibility index (Phi) is 8.61. The highest BCUT2D eigenvalue weighted by Crippen LogP contribution is 2.27. The quantitative estimate of drug-likeness (QED) is 0.834. The minimum Gasteiger partial charge on any atom is -0.497 e. The van der Waals surface area contributed by atoms with Crippen LogP contribution >= 0.6 is 12.4 Å². The summed E-state index contributed by atoms with van der Waals surface area (Å²) in [4.78, 5) is 2.52. The van der Waals surface area contributed by atoms with Gasteiger partial charge in [-0.2, -0.15) is 0 Å². The molecule has 0 aromatic heterocycles. The number of methoxy groups -OCH3 is 2. The number of rotatable bonds is 7. The van der Waals surface area contributed by atoms with Gasteiger partial charge in [-0.05, 0) is 51.0 Å². The number of hydrogen-bond donors (Lipinski definition) is 1. The first kappa shape index (κ1) is 19.1. The number of likely N-dealkylation sites (tertiary alicyclic amines) is 1. The van der Waals surface area contributed by atoms with E-state index in [1.807, 2.05) is 12.1 Å². The van der Waals surface area contributed by atoms with Crippen LogP contribution in [0.2, 0.25) is 0 Å². The van der Waals surface area contributed by atoms with Gasteiger partial charge in [0.25, 0.3) is 0 Å². The molecule has 0 saturated carbocycles. The van der Waals surface area contributed by atoms with E-state index in [1.54, 1.807) is 14.2 Å². The zero-order valence-electron chi connectivity index (χ0n) is 13.9. The fraction of sp³-hybridized carbons (Fsp3) is 0.647. The summed E-state index contributed by atoms with van der Waals surface area (Å²) in [6.45, 7) is 7.71. The SMILES string of the molecule is CCNCC1CCN(Cc2ccc(OC)cc2OC)CC1.Cl. The van der Waals surface area contributed by atoms with Crippen LogP contribution in [0.15, 0.2) is 18.2 Å². The summed E-state index contributed by atoms with van der Waals surface area (Å²) in [5, 5.41) is 3.46. The summed E-state index contributed by atoms with van der Waals surface area (Å²) in [6.07, 6.45) is 2.57. The Morgan fingerprint density at radius 2 is 1.91 bits per heavy atom. The van der Waals surface area contributed by atoms with Crippen molar-refractivity contribution in [2.24, 2.45) is 5.92 Å². The van der Waals surface area contributed by atoms with Crippen LogP contribution in [0.3, 0.4) is 0 Å². The Morgan fingerprint density at radius 1 is 1.18 bits per heavy atom. The molecule has 1 saturated heterocycles. The molecule has 0 aliphatic carbocycles. The molecule has 1 heterocycles. The smallest absolute Gasteiger partial charge is 0.127 e. The molecular formula is C17H29ClN2O2. The van der Waals surface area contributed by atoms with Gasteiger partial charge in [-0.3, -0.25) is 4.90 Å². The maximum Gasteiger partial charge on any atom is 0.127 e. The van der Waals surface area contributed by atoms with Crippen LogP contribution in [0.1, 0.15) is 25.3 Å². The number of benzene rings is 1. The van der Waals surface area contributed by atoms with E-state index in [1.165, 1.54) is 31.5 Å². The third-order valence-corrected chi connectivity index (χ3v) is 4.28. The van der Waals surface area contributed by atoms with Gasteiger partial charge in [0.2, 0.25) is 0 Å². The Labute approximate surface area is 140 Å². The predicted molar refractivity (Wildman–Crippen MR) is 93.3 cm³/mol. The maximum absolute atomic E-state index is 5.49. The lowest BCUT2D eigenvalue weighted by atomic mass is 9.96. The van der Waals surface area contributed by atoms with E-state index >= 15 is 0 Å². The number of nitrogens with zero attached hydrogens (tertiary/aromatic N) is 1. The number of piperidine rings is 1. The molecular weight excluding hydrogens is 300 g/mol. The Hall–Kier alpha value is -0.970. The fourth-order valence-electron chi connectivity index (χ4n) is 2.92. The van der Waals surface area contributed by atoms with Gasteiger partial charge in [0.1, 0.15) is 11.5 Å². The molecule has 0 unspecified atom stereocenters. The van der Waals surface area contributed by atoms with Gasteiger partial charge in [-0.25, -0.2) is 0 Å². The number of halogens is 1. The van der Waals surface area contributed by atoms with Crippen molar-refractivity contribution in [3.8, 4) is 11.5 Å². The molecule has 0 spiro atoms. The molecule has 5 heteroatoms. The van der Waals surface area contributed by atoms with Gasteiger partial charge in [0.15, 0.2) is 0 Å². The zero-order chi connectivity index (χ0) is 15.1. The van der Waals surface area contributed by atoms with Crippen LogP contribution < -0.4 is 14.8 Å². The zero-order valence-corrected chi connectivity index (χ0v) is 14.7. The number of ether oxygens (including phenoxy) is 2. The highest BCUT2D eigenvalue weighted by molar-refractivity contribution is 5.85. The fourth-order valence-corrected chi connectivity index (χ4v) is 2.92. The monoisotopic (exact) mass is 328 g/mol. The van der Waals surface area contributed by atoms with Crippen LogP contribution in [-0.4, -0.2) is 45.3 Å². The summed E-state index contributed by atoms with van der Waals surface area (Å²) >= 11 is 0. The minimum atomic E-state index is 0. The van der Waals surface area contributed by atoms with E-state index in [-0.39, 0.29) is 12.4 Å². The molecule has 4 nitrogen and oxygen atoms in total. The van der Waals surface area contributed by atoms with Gasteiger partial charge < -0.3 is 14.8 Å². The highest BCUT2D eigenvalue weighted by Gasteiger charge is 2.19. The molecule has 1 aliphatic rings. The molecule has 0 bridgehead atoms. The van der Waals surface area contributed by atoms with Crippen LogP contribution in [0, 0.1) is 5.92 Å². The lowest BCUT2D eigenvalue weighted by molar-refractivity contribution is 0.174. The second-order valence-corrected chi connectivity index (χ2v) is 5.70. The summed E-state index contributed by atoms with van der Waals surface area (Å²) in [6, 6.07) is 6.09. The van der Waals surface area contributed by atoms with Crippen molar-refractivity contribution in [2.75, 3.05) is 40.4 Å². The van der Waals surface area contributed by atoms with Crippen molar-refractivity contribution >= 4 is 12.4 Å². The minimum absolute atomic E-state index is 0. The second-order valence-electron chi connectivity index (χ2n) is 5.70. The molecule has 126 valence electrons. The summed E-state index contributed by atoms with van der Waals surface area (Å²) < 4.78 is 10.7. The predicted octanol–water partition coefficient (Wildman–Crippen LogP) is 2.95. The molecule has 0 atom stereocenters. The van der Waals surface area contributed by atoms with E-state index in [4.69, 9.17) is 9.47 Å². The van der Waals surface area contributed by atoms with E-state index < -0.39 is 0 Å². The average Bonchev–Trinajstić information content (AvgIpc) is 2.54. The molecule has 1 aromatic carbocycles. The third-order valence-electron chi connectivity index (χ3n) is 4.28. The largest absolute Gasteiger partial charge is 0.497 e. The standard InChI is InChI=1S/C17H28N2O2.ClH/c1-4-18-12-14-7-9-19(10-8-14)13-15-5-6-16(20-2)11-17(15)21-3;/h5-6,11,14,18H,4,7-10,12-13H2,1-3H3;1H. The number of hydrogen-bond acceptors (Lipinski definition) is 4. The molecule has 0 radical (unpaired) electrons. The third kappa shape index (κ3) is 5.34. The van der Waals surface area contributed by atoms with Gasteiger partial charge in [0.05, 0.1) is 14.2 Å². The van der Waals surface area contributed by atoms with E-state index in [0.29, 0.717) is 0 Å². The van der Waals surface area contributed by atoms with E-state index in [2.05, 4.69) is 23.2 Å². The van der Waals surface area contributed by atoms with Crippen molar-refractivity contribution in [2.45, 2.75) is 26.3 Å². The molecule has 1 aliphatic heterocycles. The molecule has 1 fully saturated rings. The first-order valence-electron chi connectivity index (χ1n) is 7.90. The van der Waals surface area contributed by atoms with Crippen molar-refractivity contribution < 1.29 is 9.47 Å². The van der Waals surface area contributed by atoms with Crippen molar-refractivity contribution in [3.63, 3.8) is 0 Å². The first-order valence-corrected chi connectivity index (χ1v) is 7.90. The van der Waals surface area contributed by atoms with Crippen molar-refractivity contribution in [1.29, 1.82) is 0 Å². The molecule has 0 amide bonds. The van der Waals surface area contributed by atoms with Gasteiger partial charge in [0, 0.05) is 18.2 Å². The molecule has 22 heavy (non-hydrogen) atoms. The van der Waals surface area contributed by atoms with Crippen molar-refractivity contribution in [1.82, 2.24) is 10.2 Å². The lowest BCUT2D eigenvalue weighted by Gasteiger charge is -2.32. The Balaban J connectivity index is 0.00000242. The molecule has 1 N–H and O–H groups in total. The summed E-state index contributed by atoms with van der Waals surface area (Å²) in [7, 11) is 3.41. The van der Waals surface area contributed by atoms with Crippen LogP contribution in [0.4, 0.5) is 0 Å². The van der Waals surface area contributed by atoms with Gasteiger partial charge in [-0.15, -0.1) is 12.4 Å². The van der Waals surface area contributed by atoms with E-state index in [0.717, 1.165) is 37.1 Å². The Morgan fingerprint density at radius 3 is 2.50 bits per heavy atom. The first-order chi connectivity index (χ1) is 10.3. The number of nitrogens with one attached hydrogen (secondary N) is 1. The topological polar surface area (TPSA) is 33.7 Å². The normalized spacial score (nSPS) is 16.1. The highest BCUT2D eigenvalue weighted by atomic mass is 35.5. The van der Waals surface area contributed by atoms with Crippen LogP contribution in [0.5, 0.6) is 11.5 Å². The van der Waals surface area contributed by atoms with Crippen molar-refractivity contribution in [3.05, 3.63) is 23.8 Å². The van der Waals surface area contributed by atoms with Crippen LogP contribution in [-0.2, 0) is 6.54 Å². The summed E-state index contributed by atoms with van der Waals surface area (Å²) in [5.74, 6) is 2.60.